The molecule has 1 unspecified atom stereocenters. The van der Waals surface area contributed by atoms with Gasteiger partial charge in [0.1, 0.15) is 5.76 Å². The maximum absolute atomic E-state index is 11.7. The van der Waals surface area contributed by atoms with Crippen LogP contribution in [0, 0.1) is 5.92 Å². The lowest BCUT2D eigenvalue weighted by atomic mass is 9.96. The lowest BCUT2D eigenvalue weighted by Crippen LogP contribution is -2.34. The van der Waals surface area contributed by atoms with Gasteiger partial charge in [0.15, 0.2) is 0 Å². The van der Waals surface area contributed by atoms with Gasteiger partial charge in [-0.05, 0) is 44.0 Å². The Bertz CT molecular complexity index is 449. The van der Waals surface area contributed by atoms with Crippen molar-refractivity contribution in [2.45, 2.75) is 25.8 Å². The molecule has 0 radical (unpaired) electrons. The summed E-state index contributed by atoms with van der Waals surface area (Å²) in [4.78, 5) is 22.4. The van der Waals surface area contributed by atoms with Crippen molar-refractivity contribution in [2.75, 3.05) is 13.1 Å². The van der Waals surface area contributed by atoms with Crippen LogP contribution in [0.15, 0.2) is 16.5 Å². The summed E-state index contributed by atoms with van der Waals surface area (Å²) in [6.45, 7) is 2.14. The van der Waals surface area contributed by atoms with E-state index in [1.165, 1.54) is 6.07 Å². The summed E-state index contributed by atoms with van der Waals surface area (Å²) in [5.74, 6) is -0.402. The van der Waals surface area contributed by atoms with Crippen molar-refractivity contribution >= 4 is 11.9 Å². The smallest absolute Gasteiger partial charge is 0.371 e. The zero-order chi connectivity index (χ0) is 13.7. The second kappa shape index (κ2) is 6.38. The van der Waals surface area contributed by atoms with E-state index in [-0.39, 0.29) is 18.2 Å². The molecule has 1 saturated heterocycles. The van der Waals surface area contributed by atoms with Crippen molar-refractivity contribution in [1.29, 1.82) is 0 Å². The van der Waals surface area contributed by atoms with E-state index in [2.05, 4.69) is 10.6 Å². The van der Waals surface area contributed by atoms with Crippen molar-refractivity contribution in [2.24, 2.45) is 5.92 Å². The van der Waals surface area contributed by atoms with E-state index in [9.17, 15) is 9.59 Å². The van der Waals surface area contributed by atoms with E-state index >= 15 is 0 Å². The molecule has 1 aromatic rings. The van der Waals surface area contributed by atoms with Crippen LogP contribution in [-0.2, 0) is 11.3 Å². The quantitative estimate of drug-likeness (QED) is 0.739. The standard InChI is InChI=1S/C13H18N2O4/c16-12(6-9-2-1-5-14-7-9)15-8-10-3-4-11(19-10)13(17)18/h3-4,9,14H,1-2,5-8H2,(H,15,16)(H,17,18). The highest BCUT2D eigenvalue weighted by molar-refractivity contribution is 5.84. The number of furan rings is 1. The molecule has 1 aliphatic rings. The van der Waals surface area contributed by atoms with Crippen LogP contribution in [-0.4, -0.2) is 30.1 Å². The Morgan fingerprint density at radius 1 is 1.47 bits per heavy atom. The molecule has 0 bridgehead atoms. The minimum atomic E-state index is -1.11. The van der Waals surface area contributed by atoms with Crippen molar-refractivity contribution < 1.29 is 19.1 Å². The molecule has 6 heteroatoms. The van der Waals surface area contributed by atoms with Gasteiger partial charge in [0.05, 0.1) is 6.54 Å². The lowest BCUT2D eigenvalue weighted by molar-refractivity contribution is -0.122. The number of carbonyl (C=O) groups is 2. The Morgan fingerprint density at radius 3 is 2.95 bits per heavy atom. The van der Waals surface area contributed by atoms with Crippen LogP contribution >= 0.6 is 0 Å². The number of rotatable bonds is 5. The minimum absolute atomic E-state index is 0.0259. The molecule has 2 rings (SSSR count). The number of amides is 1. The van der Waals surface area contributed by atoms with Gasteiger partial charge in [-0.3, -0.25) is 4.79 Å². The zero-order valence-corrected chi connectivity index (χ0v) is 10.6. The maximum atomic E-state index is 11.7. The molecular weight excluding hydrogens is 248 g/mol. The first-order valence-corrected chi connectivity index (χ1v) is 6.44. The number of carboxylic acid groups (broad SMARTS) is 1. The first kappa shape index (κ1) is 13.6. The van der Waals surface area contributed by atoms with Crippen LogP contribution < -0.4 is 10.6 Å². The van der Waals surface area contributed by atoms with Gasteiger partial charge in [-0.1, -0.05) is 0 Å². The molecule has 1 amide bonds. The van der Waals surface area contributed by atoms with Crippen molar-refractivity contribution in [3.63, 3.8) is 0 Å². The number of hydrogen-bond donors (Lipinski definition) is 3. The number of hydrogen-bond acceptors (Lipinski definition) is 4. The third-order valence-electron chi connectivity index (χ3n) is 3.21. The second-order valence-electron chi connectivity index (χ2n) is 4.76. The number of piperidine rings is 1. The van der Waals surface area contributed by atoms with E-state index in [1.54, 1.807) is 6.07 Å². The molecule has 1 aliphatic heterocycles. The number of nitrogens with one attached hydrogen (secondary N) is 2. The van der Waals surface area contributed by atoms with Gasteiger partial charge in [-0.2, -0.15) is 0 Å². The van der Waals surface area contributed by atoms with Crippen LogP contribution in [0.4, 0.5) is 0 Å². The van der Waals surface area contributed by atoms with Gasteiger partial charge < -0.3 is 20.2 Å². The predicted octanol–water partition coefficient (Wildman–Crippen LogP) is 0.984. The highest BCUT2D eigenvalue weighted by atomic mass is 16.4. The van der Waals surface area contributed by atoms with Crippen LogP contribution in [0.3, 0.4) is 0 Å². The molecule has 1 atom stereocenters. The molecule has 0 saturated carbocycles. The molecule has 1 fully saturated rings. The van der Waals surface area contributed by atoms with Gasteiger partial charge in [0, 0.05) is 6.42 Å². The highest BCUT2D eigenvalue weighted by Gasteiger charge is 2.17. The SMILES string of the molecule is O=C(CC1CCCNC1)NCc1ccc(C(=O)O)o1. The summed E-state index contributed by atoms with van der Waals surface area (Å²) in [6.07, 6.45) is 2.68. The molecule has 6 nitrogen and oxygen atoms in total. The molecule has 0 aliphatic carbocycles. The normalized spacial score (nSPS) is 19.1. The molecule has 3 N–H and O–H groups in total. The van der Waals surface area contributed by atoms with Crippen molar-refractivity contribution in [3.8, 4) is 0 Å². The molecule has 19 heavy (non-hydrogen) atoms. The number of carboxylic acids is 1. The molecule has 1 aromatic heterocycles. The third-order valence-corrected chi connectivity index (χ3v) is 3.21. The minimum Gasteiger partial charge on any atom is -0.475 e. The first-order chi connectivity index (χ1) is 9.15. The largest absolute Gasteiger partial charge is 0.475 e. The Hall–Kier alpha value is -1.82. The highest BCUT2D eigenvalue weighted by Crippen LogP contribution is 2.14. The Morgan fingerprint density at radius 2 is 2.32 bits per heavy atom. The summed E-state index contributed by atoms with van der Waals surface area (Å²) in [6, 6.07) is 2.95. The molecule has 104 valence electrons. The number of aromatic carboxylic acids is 1. The Labute approximate surface area is 111 Å². The first-order valence-electron chi connectivity index (χ1n) is 6.44. The van der Waals surface area contributed by atoms with Gasteiger partial charge in [0.25, 0.3) is 0 Å². The van der Waals surface area contributed by atoms with Crippen LogP contribution in [0.25, 0.3) is 0 Å². The van der Waals surface area contributed by atoms with E-state index in [0.717, 1.165) is 25.9 Å². The van der Waals surface area contributed by atoms with Gasteiger partial charge in [-0.15, -0.1) is 0 Å². The molecular formula is C13H18N2O4. The monoisotopic (exact) mass is 266 g/mol. The summed E-state index contributed by atoms with van der Waals surface area (Å²) in [5.41, 5.74) is 0. The lowest BCUT2D eigenvalue weighted by Gasteiger charge is -2.21. The van der Waals surface area contributed by atoms with Gasteiger partial charge in [0.2, 0.25) is 11.7 Å². The fraction of sp³-hybridized carbons (Fsp3) is 0.538. The van der Waals surface area contributed by atoms with E-state index < -0.39 is 5.97 Å². The Kier molecular flexibility index (Phi) is 4.57. The van der Waals surface area contributed by atoms with Crippen molar-refractivity contribution in [1.82, 2.24) is 10.6 Å². The van der Waals surface area contributed by atoms with Crippen LogP contribution in [0.5, 0.6) is 0 Å². The van der Waals surface area contributed by atoms with Crippen LogP contribution in [0.1, 0.15) is 35.6 Å². The summed E-state index contributed by atoms with van der Waals surface area (Å²) < 4.78 is 5.06. The third kappa shape index (κ3) is 4.10. The molecule has 2 heterocycles. The zero-order valence-electron chi connectivity index (χ0n) is 10.6. The number of carbonyl (C=O) groups excluding carboxylic acids is 1. The predicted molar refractivity (Wildman–Crippen MR) is 67.7 cm³/mol. The molecule has 0 spiro atoms. The van der Waals surface area contributed by atoms with Gasteiger partial charge >= 0.3 is 5.97 Å². The summed E-state index contributed by atoms with van der Waals surface area (Å²) >= 11 is 0. The summed E-state index contributed by atoms with van der Waals surface area (Å²) in [7, 11) is 0. The topological polar surface area (TPSA) is 91.6 Å². The maximum Gasteiger partial charge on any atom is 0.371 e. The fourth-order valence-corrected chi connectivity index (χ4v) is 2.21. The fourth-order valence-electron chi connectivity index (χ4n) is 2.21. The average molecular weight is 266 g/mol. The van der Waals surface area contributed by atoms with Crippen LogP contribution in [0.2, 0.25) is 0 Å². The summed E-state index contributed by atoms with van der Waals surface area (Å²) in [5, 5.41) is 14.7. The second-order valence-corrected chi connectivity index (χ2v) is 4.76. The van der Waals surface area contributed by atoms with Crippen molar-refractivity contribution in [3.05, 3.63) is 23.7 Å². The van der Waals surface area contributed by atoms with E-state index in [0.29, 0.717) is 18.1 Å². The Balaban J connectivity index is 1.74. The average Bonchev–Trinajstić information content (AvgIpc) is 2.86. The molecule has 0 aromatic carbocycles. The van der Waals surface area contributed by atoms with E-state index in [4.69, 9.17) is 9.52 Å². The van der Waals surface area contributed by atoms with Gasteiger partial charge in [-0.25, -0.2) is 4.79 Å². The van der Waals surface area contributed by atoms with E-state index in [1.807, 2.05) is 0 Å².